The molecule has 1 aliphatic heterocycles. The van der Waals surface area contributed by atoms with E-state index in [0.717, 1.165) is 6.61 Å². The maximum atomic E-state index is 11.2. The first-order chi connectivity index (χ1) is 40.8. The third-order valence-corrected chi connectivity index (χ3v) is 27.7. The Morgan fingerprint density at radius 3 is 0.934 bits per heavy atom. The summed E-state index contributed by atoms with van der Waals surface area (Å²) in [5, 5.41) is 26.3. The number of hydrogen-bond donors (Lipinski definition) is 3. The van der Waals surface area contributed by atoms with E-state index in [1.807, 2.05) is 27.7 Å². The first-order valence-electron chi connectivity index (χ1n) is 32.1. The van der Waals surface area contributed by atoms with E-state index in [4.69, 9.17) is 57.1 Å². The average Bonchev–Trinajstić information content (AvgIpc) is 1.69. The van der Waals surface area contributed by atoms with Crippen molar-refractivity contribution in [2.24, 2.45) is 11.8 Å². The lowest BCUT2D eigenvalue weighted by Crippen LogP contribution is -3.00. The lowest BCUT2D eigenvalue weighted by Gasteiger charge is -2.39. The van der Waals surface area contributed by atoms with Crippen molar-refractivity contribution in [3.8, 4) is 0 Å². The van der Waals surface area contributed by atoms with Crippen LogP contribution < -0.4 is 4.70 Å². The molecule has 91 heavy (non-hydrogen) atoms. The number of carbonyl (C=O) groups is 5. The third kappa shape index (κ3) is 75.5. The minimum Gasteiger partial charge on any atom is -1.00 e. The standard InChI is InChI=1S/C16H36N.C13H28O4Si.C12H26O5Si.C8H20O2Si.C7H14O4.C4H6O3.C3H6O.CO2.CH4.FH/c1-5-9-13-17(14-10-6-2,15-11-7-3)16-12-8-4;1-11(2)10-16-12(14)15-8-9-17-18(6,7)13(3,4)5;1-10(13)9-16-11(14)15-7-8-17-18(5,6)12(2,3)4;1-8(2,3)11(4,5)10-7-6-9;1-6(2)5-11-7(9)10-4-3-8;1-3(5)7-4(2)6;1-3-2-4-3;2-1-3;;/h5-16H2,1-4H3;11H,8-10H2,1-7H3;10,13H,7-9H2,1-6H3;9H,6-7H2,1-5H3;6,8H,3-5H2,1-2H3;1-2H3;3H,2H2,1H3;;1H4;1H/q+1;;;;;;;;;/p-1. The summed E-state index contributed by atoms with van der Waals surface area (Å²) >= 11 is 0. The molecule has 1 heterocycles. The summed E-state index contributed by atoms with van der Waals surface area (Å²) in [6, 6.07) is 0. The number of unbranched alkanes of at least 4 members (excludes halogenated alkanes) is 4. The Labute approximate surface area is 556 Å². The quantitative estimate of drug-likeness (QED) is 0.0111. The molecule has 0 radical (unpaired) electrons. The van der Waals surface area contributed by atoms with Crippen molar-refractivity contribution in [1.82, 2.24) is 0 Å². The molecule has 1 fully saturated rings. The Bertz CT molecular complexity index is 1660. The van der Waals surface area contributed by atoms with Gasteiger partial charge in [-0.25, -0.2) is 14.4 Å². The molecule has 0 bridgehead atoms. The molecular weight excluding hydrogens is 1230 g/mol. The van der Waals surface area contributed by atoms with E-state index < -0.39 is 61.5 Å². The van der Waals surface area contributed by atoms with Crippen LogP contribution in [0.15, 0.2) is 0 Å². The van der Waals surface area contributed by atoms with Crippen molar-refractivity contribution in [2.45, 2.75) is 271 Å². The zero-order valence-corrected chi connectivity index (χ0v) is 64.8. The molecule has 22 nitrogen and oxygen atoms in total. The predicted octanol–water partition coefficient (Wildman–Crippen LogP) is 11.7. The molecular formula is C65H140FNO21Si3. The first-order valence-corrected chi connectivity index (χ1v) is 40.9. The number of quaternary nitrogens is 1. The van der Waals surface area contributed by atoms with Gasteiger partial charge in [-0.15, -0.1) is 0 Å². The van der Waals surface area contributed by atoms with E-state index in [0.29, 0.717) is 51.0 Å². The third-order valence-electron chi connectivity index (χ3n) is 14.1. The molecule has 0 aliphatic carbocycles. The molecule has 0 aromatic carbocycles. The van der Waals surface area contributed by atoms with Gasteiger partial charge in [-0.3, -0.25) is 9.59 Å². The summed E-state index contributed by atoms with van der Waals surface area (Å²) in [6.45, 7) is 64.7. The molecule has 3 N–H and O–H groups in total. The van der Waals surface area contributed by atoms with E-state index in [2.05, 4.69) is 155 Å². The largest absolute Gasteiger partial charge is 1.00 e. The zero-order chi connectivity index (χ0) is 71.2. The smallest absolute Gasteiger partial charge is 0.508 e. The van der Waals surface area contributed by atoms with Gasteiger partial charge in [-0.1, -0.05) is 151 Å². The molecule has 550 valence electrons. The second-order valence-corrected chi connectivity index (χ2v) is 41.5. The molecule has 1 saturated heterocycles. The molecule has 2 atom stereocenters. The number of aliphatic hydroxyl groups excluding tert-OH is 3. The molecule has 0 aromatic rings. The topological polar surface area (TPSA) is 285 Å². The van der Waals surface area contributed by atoms with Crippen LogP contribution in [0, 0.1) is 11.8 Å². The summed E-state index contributed by atoms with van der Waals surface area (Å²) in [5.74, 6) is -0.502. The molecule has 0 spiro atoms. The van der Waals surface area contributed by atoms with E-state index in [9.17, 15) is 24.0 Å². The minimum atomic E-state index is -1.79. The highest BCUT2D eigenvalue weighted by atomic mass is 28.4. The number of esters is 2. The zero-order valence-electron chi connectivity index (χ0n) is 61.8. The van der Waals surface area contributed by atoms with Crippen LogP contribution in [0.2, 0.25) is 54.4 Å². The van der Waals surface area contributed by atoms with E-state index >= 15 is 0 Å². The van der Waals surface area contributed by atoms with E-state index in [-0.39, 0.29) is 73.0 Å². The first kappa shape index (κ1) is 106. The van der Waals surface area contributed by atoms with Gasteiger partial charge >= 0.3 is 36.6 Å². The van der Waals surface area contributed by atoms with Crippen LogP contribution in [0.3, 0.4) is 0 Å². The van der Waals surface area contributed by atoms with Crippen LogP contribution in [0.1, 0.15) is 204 Å². The van der Waals surface area contributed by atoms with Crippen LogP contribution in [-0.4, -0.2) is 199 Å². The van der Waals surface area contributed by atoms with Gasteiger partial charge in [-0.2, -0.15) is 9.59 Å². The fraction of sp³-hybridized carbons (Fsp3) is 0.908. The van der Waals surface area contributed by atoms with Crippen molar-refractivity contribution in [3.05, 3.63) is 0 Å². The number of hydrogen-bond acceptors (Lipinski definition) is 21. The number of aliphatic hydroxyl groups is 3. The SMILES string of the molecule is C.CC(=O)OC(C)=O.CC(C)(C)[Si](C)(C)OCCO.CC(C)COC(=O)OCCO.CC(C)COC(=O)OCCO[Si](C)(C)C(C)(C)C.CC(O)COC(=O)OCCO[Si](C)(C)C(C)(C)C.CC1CO1.CCCC[N+](CCCC)(CCCC)CCCC.O=C=O.[F-]. The summed E-state index contributed by atoms with van der Waals surface area (Å²) in [4.78, 5) is 68.7. The lowest BCUT2D eigenvalue weighted by molar-refractivity contribution is -0.929. The van der Waals surface area contributed by atoms with Gasteiger partial charge < -0.3 is 75.7 Å². The Kier molecular flexibility index (Phi) is 71.8. The van der Waals surface area contributed by atoms with Gasteiger partial charge in [0.2, 0.25) is 0 Å². The summed E-state index contributed by atoms with van der Waals surface area (Å²) in [7, 11) is -5.12. The molecule has 26 heteroatoms. The van der Waals surface area contributed by atoms with Crippen molar-refractivity contribution < 1.29 is 109 Å². The van der Waals surface area contributed by atoms with Gasteiger partial charge in [0, 0.05) is 13.8 Å². The van der Waals surface area contributed by atoms with Gasteiger partial charge in [0.15, 0.2) is 25.0 Å². The highest BCUT2D eigenvalue weighted by Crippen LogP contribution is 2.38. The summed E-state index contributed by atoms with van der Waals surface area (Å²) in [5.41, 5.74) is 0. The highest BCUT2D eigenvalue weighted by molar-refractivity contribution is 6.74. The fourth-order valence-electron chi connectivity index (χ4n) is 5.65. The van der Waals surface area contributed by atoms with Crippen LogP contribution in [0.25, 0.3) is 0 Å². The maximum Gasteiger partial charge on any atom is 0.508 e. The van der Waals surface area contributed by atoms with Crippen molar-refractivity contribution >= 4 is 61.5 Å². The van der Waals surface area contributed by atoms with Gasteiger partial charge in [0.25, 0.3) is 0 Å². The highest BCUT2D eigenvalue weighted by Gasteiger charge is 2.39. The van der Waals surface area contributed by atoms with Crippen molar-refractivity contribution in [2.75, 3.05) is 105 Å². The molecule has 0 aromatic heterocycles. The Morgan fingerprint density at radius 1 is 0.505 bits per heavy atom. The molecule has 0 amide bonds. The predicted molar refractivity (Wildman–Crippen MR) is 366 cm³/mol. The summed E-state index contributed by atoms with van der Waals surface area (Å²) < 4.78 is 55.8. The normalized spacial score (nSPS) is 12.8. The number of carbonyl (C=O) groups excluding carboxylic acids is 7. The van der Waals surface area contributed by atoms with Gasteiger partial charge in [0.05, 0.1) is 91.2 Å². The van der Waals surface area contributed by atoms with Crippen LogP contribution in [-0.2, 0) is 70.4 Å². The average molecular weight is 1380 g/mol. The Balaban J connectivity index is -0.000000126. The summed E-state index contributed by atoms with van der Waals surface area (Å²) in [6.07, 6.45) is 9.12. The molecule has 1 aliphatic rings. The molecule has 1 rings (SSSR count). The number of nitrogens with zero attached hydrogens (tertiary/aromatic N) is 1. The van der Waals surface area contributed by atoms with E-state index in [1.54, 1.807) is 0 Å². The molecule has 2 unspecified atom stereocenters. The van der Waals surface area contributed by atoms with Crippen LogP contribution in [0.5, 0.6) is 0 Å². The Hall–Kier alpha value is -3.41. The second kappa shape index (κ2) is 61.5. The number of halogens is 1. The van der Waals surface area contributed by atoms with E-state index in [1.165, 1.54) is 103 Å². The minimum absolute atomic E-state index is 0. The number of epoxide rings is 1. The van der Waals surface area contributed by atoms with Crippen molar-refractivity contribution in [1.29, 1.82) is 0 Å². The maximum absolute atomic E-state index is 11.2. The van der Waals surface area contributed by atoms with Crippen LogP contribution in [0.4, 0.5) is 14.4 Å². The number of ether oxygens (including phenoxy) is 8. The monoisotopic (exact) mass is 1370 g/mol. The number of rotatable bonds is 31. The Morgan fingerprint density at radius 2 is 0.747 bits per heavy atom. The van der Waals surface area contributed by atoms with Crippen molar-refractivity contribution in [3.63, 3.8) is 0 Å². The lowest BCUT2D eigenvalue weighted by atomic mass is 10.1. The molecule has 0 saturated carbocycles. The van der Waals surface area contributed by atoms with Gasteiger partial charge in [-0.05, 0) is 106 Å². The van der Waals surface area contributed by atoms with Gasteiger partial charge in [0.1, 0.15) is 26.4 Å². The second-order valence-electron chi connectivity index (χ2n) is 27.1. The fourth-order valence-corrected chi connectivity index (χ4v) is 8.74. The van der Waals surface area contributed by atoms with Crippen LogP contribution >= 0.6 is 0 Å².